The van der Waals surface area contributed by atoms with Crippen molar-refractivity contribution in [2.45, 2.75) is 12.8 Å². The van der Waals surface area contributed by atoms with E-state index in [2.05, 4.69) is 10.1 Å². The summed E-state index contributed by atoms with van der Waals surface area (Å²) in [7, 11) is 1.30. The maximum atomic E-state index is 14.7. The van der Waals surface area contributed by atoms with Crippen molar-refractivity contribution in [2.24, 2.45) is 0 Å². The van der Waals surface area contributed by atoms with E-state index in [0.29, 0.717) is 22.4 Å². The van der Waals surface area contributed by atoms with Crippen LogP contribution in [0.5, 0.6) is 0 Å². The normalized spacial score (nSPS) is 10.9. The molecule has 0 unspecified atom stereocenters. The molecule has 0 saturated carbocycles. The Morgan fingerprint density at radius 2 is 1.67 bits per heavy atom. The number of hydrogen-bond donors (Lipinski definition) is 2. The van der Waals surface area contributed by atoms with Crippen molar-refractivity contribution in [3.8, 4) is 0 Å². The van der Waals surface area contributed by atoms with Gasteiger partial charge in [-0.05, 0) is 48.7 Å². The Morgan fingerprint density at radius 3 is 2.33 bits per heavy atom. The number of nitrogens with two attached hydrogens (primary N) is 1. The topological polar surface area (TPSA) is 81.4 Å². The van der Waals surface area contributed by atoms with Crippen LogP contribution >= 0.6 is 11.3 Å². The number of rotatable bonds is 6. The minimum Gasteiger partial charge on any atom is -0.465 e. The van der Waals surface area contributed by atoms with Crippen LogP contribution in [0.1, 0.15) is 31.8 Å². The number of halogens is 2. The van der Waals surface area contributed by atoms with Gasteiger partial charge < -0.3 is 15.8 Å². The maximum Gasteiger partial charge on any atom is 0.337 e. The number of aryl methyl sites for hydroxylation is 1. The van der Waals surface area contributed by atoms with Gasteiger partial charge >= 0.3 is 5.97 Å². The highest BCUT2D eigenvalue weighted by Gasteiger charge is 2.19. The smallest absolute Gasteiger partial charge is 0.337 e. The van der Waals surface area contributed by atoms with Crippen LogP contribution in [-0.4, -0.2) is 19.0 Å². The van der Waals surface area contributed by atoms with E-state index in [1.54, 1.807) is 36.4 Å². The van der Waals surface area contributed by atoms with Gasteiger partial charge in [0.25, 0.3) is 5.91 Å². The number of amides is 1. The van der Waals surface area contributed by atoms with Crippen molar-refractivity contribution < 1.29 is 23.1 Å². The standard InChI is InChI=1S/C25H20F2N2O3S/c1-32-25(31)15-9-6-14(7-10-15)8-11-17-19(26)12-16(13-20(17)27)29-24(30)22-18-4-2-3-5-21(18)33-23(22)28/h2-7,9-10,12-13H,8,11,28H2,1H3,(H,29,30). The molecular formula is C25H20F2N2O3S. The molecule has 1 heterocycles. The van der Waals surface area contributed by atoms with E-state index in [1.807, 2.05) is 12.1 Å². The number of esters is 1. The van der Waals surface area contributed by atoms with E-state index in [4.69, 9.17) is 5.73 Å². The lowest BCUT2D eigenvalue weighted by Crippen LogP contribution is -2.14. The van der Waals surface area contributed by atoms with Gasteiger partial charge in [-0.1, -0.05) is 30.3 Å². The van der Waals surface area contributed by atoms with Gasteiger partial charge in [0.2, 0.25) is 0 Å². The first kappa shape index (κ1) is 22.4. The van der Waals surface area contributed by atoms with Crippen molar-refractivity contribution in [3.05, 3.63) is 94.6 Å². The third kappa shape index (κ3) is 4.70. The lowest BCUT2D eigenvalue weighted by Gasteiger charge is -2.10. The zero-order valence-corrected chi connectivity index (χ0v) is 18.5. The van der Waals surface area contributed by atoms with Crippen molar-refractivity contribution >= 4 is 44.0 Å². The number of carbonyl (C=O) groups excluding carboxylic acids is 2. The highest BCUT2D eigenvalue weighted by atomic mass is 32.1. The number of hydrogen-bond acceptors (Lipinski definition) is 5. The highest BCUT2D eigenvalue weighted by molar-refractivity contribution is 7.23. The molecule has 168 valence electrons. The summed E-state index contributed by atoms with van der Waals surface area (Å²) < 4.78 is 34.9. The van der Waals surface area contributed by atoms with Crippen LogP contribution in [0, 0.1) is 11.6 Å². The molecule has 0 fully saturated rings. The molecule has 4 rings (SSSR count). The number of carbonyl (C=O) groups is 2. The molecule has 33 heavy (non-hydrogen) atoms. The summed E-state index contributed by atoms with van der Waals surface area (Å²) in [6, 6.07) is 16.1. The molecule has 0 spiro atoms. The van der Waals surface area contributed by atoms with Crippen LogP contribution in [0.15, 0.2) is 60.7 Å². The van der Waals surface area contributed by atoms with Crippen molar-refractivity contribution in [2.75, 3.05) is 18.2 Å². The molecule has 0 radical (unpaired) electrons. The number of ether oxygens (including phenoxy) is 1. The number of nitrogen functional groups attached to an aromatic ring is 1. The predicted molar refractivity (Wildman–Crippen MR) is 126 cm³/mol. The van der Waals surface area contributed by atoms with Crippen LogP contribution in [0.25, 0.3) is 10.1 Å². The van der Waals surface area contributed by atoms with Crippen molar-refractivity contribution in [3.63, 3.8) is 0 Å². The van der Waals surface area contributed by atoms with Crippen LogP contribution in [-0.2, 0) is 17.6 Å². The van der Waals surface area contributed by atoms with Crippen LogP contribution in [0.3, 0.4) is 0 Å². The molecule has 0 saturated heterocycles. The second-order valence-corrected chi connectivity index (χ2v) is 8.48. The summed E-state index contributed by atoms with van der Waals surface area (Å²) in [5, 5.41) is 3.57. The van der Waals surface area contributed by atoms with Gasteiger partial charge in [-0.3, -0.25) is 4.79 Å². The molecular weight excluding hydrogens is 446 g/mol. The second-order valence-electron chi connectivity index (χ2n) is 7.40. The van der Waals surface area contributed by atoms with E-state index in [9.17, 15) is 18.4 Å². The first-order valence-electron chi connectivity index (χ1n) is 10.1. The third-order valence-corrected chi connectivity index (χ3v) is 6.29. The maximum absolute atomic E-state index is 14.7. The molecule has 1 aromatic heterocycles. The molecule has 4 aromatic rings. The Hall–Kier alpha value is -3.78. The van der Waals surface area contributed by atoms with Gasteiger partial charge in [-0.15, -0.1) is 11.3 Å². The molecule has 0 aliphatic carbocycles. The molecule has 0 atom stereocenters. The second kappa shape index (κ2) is 9.38. The van der Waals surface area contributed by atoms with E-state index in [0.717, 1.165) is 22.4 Å². The van der Waals surface area contributed by atoms with Crippen LogP contribution in [0.4, 0.5) is 19.5 Å². The number of fused-ring (bicyclic) bond motifs is 1. The average molecular weight is 467 g/mol. The fraction of sp³-hybridized carbons (Fsp3) is 0.120. The van der Waals surface area contributed by atoms with E-state index >= 15 is 0 Å². The lowest BCUT2D eigenvalue weighted by atomic mass is 10.0. The van der Waals surface area contributed by atoms with Gasteiger partial charge in [0.15, 0.2) is 0 Å². The Morgan fingerprint density at radius 1 is 1.00 bits per heavy atom. The number of thiophene rings is 1. The average Bonchev–Trinajstić information content (AvgIpc) is 3.14. The molecule has 3 N–H and O–H groups in total. The number of methoxy groups -OCH3 is 1. The minimum atomic E-state index is -0.750. The van der Waals surface area contributed by atoms with E-state index < -0.39 is 23.5 Å². The summed E-state index contributed by atoms with van der Waals surface area (Å²) in [5.41, 5.74) is 7.44. The quantitative estimate of drug-likeness (QED) is 0.363. The van der Waals surface area contributed by atoms with E-state index in [1.165, 1.54) is 18.4 Å². The fourth-order valence-corrected chi connectivity index (χ4v) is 4.57. The highest BCUT2D eigenvalue weighted by Crippen LogP contribution is 2.34. The van der Waals surface area contributed by atoms with Gasteiger partial charge in [0.05, 0.1) is 23.2 Å². The Labute approximate surface area is 192 Å². The molecule has 8 heteroatoms. The van der Waals surface area contributed by atoms with Gasteiger partial charge in [0.1, 0.15) is 11.6 Å². The summed E-state index contributed by atoms with van der Waals surface area (Å²) in [4.78, 5) is 24.3. The van der Waals surface area contributed by atoms with Crippen molar-refractivity contribution in [1.82, 2.24) is 0 Å². The van der Waals surface area contributed by atoms with Gasteiger partial charge in [0, 0.05) is 21.3 Å². The molecule has 0 aliphatic rings. The summed E-state index contributed by atoms with van der Waals surface area (Å²) in [5.74, 6) is -2.48. The number of anilines is 2. The lowest BCUT2D eigenvalue weighted by molar-refractivity contribution is 0.0600. The monoisotopic (exact) mass is 466 g/mol. The number of benzene rings is 3. The van der Waals surface area contributed by atoms with Gasteiger partial charge in [-0.25, -0.2) is 13.6 Å². The zero-order valence-electron chi connectivity index (χ0n) is 17.7. The largest absolute Gasteiger partial charge is 0.465 e. The first-order chi connectivity index (χ1) is 15.9. The van der Waals surface area contributed by atoms with Crippen LogP contribution < -0.4 is 11.1 Å². The minimum absolute atomic E-state index is 0.0101. The SMILES string of the molecule is COC(=O)c1ccc(CCc2c(F)cc(NC(=O)c3c(N)sc4ccccc34)cc2F)cc1. The third-order valence-electron chi connectivity index (χ3n) is 5.29. The van der Waals surface area contributed by atoms with Gasteiger partial charge in [-0.2, -0.15) is 0 Å². The first-order valence-corrected chi connectivity index (χ1v) is 10.9. The number of nitrogens with one attached hydrogen (secondary N) is 1. The van der Waals surface area contributed by atoms with E-state index in [-0.39, 0.29) is 23.2 Å². The fourth-order valence-electron chi connectivity index (χ4n) is 3.60. The molecule has 0 aliphatic heterocycles. The summed E-state index contributed by atoms with van der Waals surface area (Å²) in [6.07, 6.45) is 0.490. The Kier molecular flexibility index (Phi) is 6.37. The van der Waals surface area contributed by atoms with Crippen molar-refractivity contribution in [1.29, 1.82) is 0 Å². The zero-order chi connectivity index (χ0) is 23.5. The molecule has 5 nitrogen and oxygen atoms in total. The summed E-state index contributed by atoms with van der Waals surface area (Å²) >= 11 is 1.28. The molecule has 0 bridgehead atoms. The molecule has 1 amide bonds. The van der Waals surface area contributed by atoms with Crippen LogP contribution in [0.2, 0.25) is 0 Å². The predicted octanol–water partition coefficient (Wildman–Crippen LogP) is 5.59. The summed E-state index contributed by atoms with van der Waals surface area (Å²) in [6.45, 7) is 0. The molecule has 3 aromatic carbocycles. The Bertz CT molecular complexity index is 1330. The Balaban J connectivity index is 1.48.